The van der Waals surface area contributed by atoms with E-state index in [1.54, 1.807) is 0 Å². The molecule has 0 aliphatic heterocycles. The Morgan fingerprint density at radius 3 is 1.88 bits per heavy atom. The van der Waals surface area contributed by atoms with E-state index in [2.05, 4.69) is 43.3 Å². The molecule has 0 aliphatic carbocycles. The Kier molecular flexibility index (Phi) is 5.55. The molecule has 0 saturated carbocycles. The molecule has 0 nitrogen and oxygen atoms in total. The number of rotatable bonds is 5. The highest BCUT2D eigenvalue weighted by atomic mass is 35.5. The minimum absolute atomic E-state index is 0.214. The van der Waals surface area contributed by atoms with E-state index in [4.69, 9.17) is 11.6 Å². The molecule has 3 aromatic rings. The highest BCUT2D eigenvalue weighted by Crippen LogP contribution is 2.33. The van der Waals surface area contributed by atoms with Crippen molar-refractivity contribution in [2.24, 2.45) is 0 Å². The van der Waals surface area contributed by atoms with Gasteiger partial charge in [0.1, 0.15) is 5.82 Å². The van der Waals surface area contributed by atoms with Gasteiger partial charge in [0, 0.05) is 5.56 Å². The van der Waals surface area contributed by atoms with Gasteiger partial charge >= 0.3 is 0 Å². The van der Waals surface area contributed by atoms with Gasteiger partial charge in [0.15, 0.2) is 0 Å². The van der Waals surface area contributed by atoms with Crippen molar-refractivity contribution in [2.45, 2.75) is 33.1 Å². The van der Waals surface area contributed by atoms with Gasteiger partial charge in [0.2, 0.25) is 0 Å². The third kappa shape index (κ3) is 3.77. The van der Waals surface area contributed by atoms with Crippen molar-refractivity contribution in [3.8, 4) is 22.3 Å². The lowest BCUT2D eigenvalue weighted by Crippen LogP contribution is -1.93. The van der Waals surface area contributed by atoms with Gasteiger partial charge in [-0.3, -0.25) is 0 Å². The number of halogens is 2. The van der Waals surface area contributed by atoms with Crippen LogP contribution >= 0.6 is 11.6 Å². The largest absolute Gasteiger partial charge is 0.205 e. The second-order valence-electron chi connectivity index (χ2n) is 6.28. The van der Waals surface area contributed by atoms with Crippen LogP contribution < -0.4 is 0 Å². The molecule has 3 rings (SSSR count). The Labute approximate surface area is 154 Å². The predicted octanol–water partition coefficient (Wildman–Crippen LogP) is 7.33. The first-order chi connectivity index (χ1) is 12.1. The zero-order valence-corrected chi connectivity index (χ0v) is 15.4. The predicted molar refractivity (Wildman–Crippen MR) is 106 cm³/mol. The SMILES string of the molecule is CCCc1ccc(-c2ccc(-c3ccc(CC)cc3)cc2)c(Cl)c1F. The third-order valence-electron chi connectivity index (χ3n) is 4.57. The van der Waals surface area contributed by atoms with Gasteiger partial charge in [0.05, 0.1) is 5.02 Å². The fraction of sp³-hybridized carbons (Fsp3) is 0.217. The molecular formula is C23H22ClF. The van der Waals surface area contributed by atoms with Crippen LogP contribution in [0.25, 0.3) is 22.3 Å². The number of aryl methyl sites for hydroxylation is 2. The highest BCUT2D eigenvalue weighted by molar-refractivity contribution is 6.33. The molecule has 25 heavy (non-hydrogen) atoms. The summed E-state index contributed by atoms with van der Waals surface area (Å²) in [7, 11) is 0. The Balaban J connectivity index is 1.90. The molecule has 0 spiro atoms. The molecule has 0 amide bonds. The van der Waals surface area contributed by atoms with Gasteiger partial charge in [0.25, 0.3) is 0 Å². The smallest absolute Gasteiger partial charge is 0.145 e. The van der Waals surface area contributed by atoms with Crippen molar-refractivity contribution in [2.75, 3.05) is 0 Å². The number of hydrogen-bond acceptors (Lipinski definition) is 0. The van der Waals surface area contributed by atoms with E-state index in [0.29, 0.717) is 12.0 Å². The van der Waals surface area contributed by atoms with E-state index < -0.39 is 0 Å². The van der Waals surface area contributed by atoms with Crippen molar-refractivity contribution in [1.29, 1.82) is 0 Å². The van der Waals surface area contributed by atoms with Gasteiger partial charge < -0.3 is 0 Å². The van der Waals surface area contributed by atoms with Crippen LogP contribution in [0.1, 0.15) is 31.4 Å². The molecule has 0 bridgehead atoms. The normalized spacial score (nSPS) is 10.9. The Hall–Kier alpha value is -2.12. The van der Waals surface area contributed by atoms with Crippen molar-refractivity contribution in [3.63, 3.8) is 0 Å². The van der Waals surface area contributed by atoms with E-state index >= 15 is 0 Å². The molecule has 3 aromatic carbocycles. The second kappa shape index (κ2) is 7.84. The molecule has 0 N–H and O–H groups in total. The van der Waals surface area contributed by atoms with Crippen LogP contribution in [-0.2, 0) is 12.8 Å². The van der Waals surface area contributed by atoms with Crippen molar-refractivity contribution >= 4 is 11.6 Å². The molecule has 0 heterocycles. The summed E-state index contributed by atoms with van der Waals surface area (Å²) in [5.41, 5.74) is 6.01. The Morgan fingerprint density at radius 1 is 0.760 bits per heavy atom. The average Bonchev–Trinajstić information content (AvgIpc) is 2.66. The maximum Gasteiger partial charge on any atom is 0.145 e. The lowest BCUT2D eigenvalue weighted by molar-refractivity contribution is 0.608. The number of benzene rings is 3. The van der Waals surface area contributed by atoms with E-state index in [1.165, 1.54) is 11.1 Å². The Bertz CT molecular complexity index is 849. The van der Waals surface area contributed by atoms with Crippen molar-refractivity contribution in [1.82, 2.24) is 0 Å². The molecule has 0 aromatic heterocycles. The fourth-order valence-electron chi connectivity index (χ4n) is 3.05. The third-order valence-corrected chi connectivity index (χ3v) is 4.94. The summed E-state index contributed by atoms with van der Waals surface area (Å²) in [5, 5.41) is 0.214. The zero-order chi connectivity index (χ0) is 17.8. The molecule has 0 aliphatic rings. The van der Waals surface area contributed by atoms with E-state index in [1.807, 2.05) is 31.2 Å². The van der Waals surface area contributed by atoms with Crippen LogP contribution in [0, 0.1) is 5.82 Å². The van der Waals surface area contributed by atoms with Gasteiger partial charge in [-0.25, -0.2) is 4.39 Å². The summed E-state index contributed by atoms with van der Waals surface area (Å²) in [6, 6.07) is 20.5. The van der Waals surface area contributed by atoms with Crippen LogP contribution in [0.3, 0.4) is 0 Å². The first-order valence-corrected chi connectivity index (χ1v) is 9.18. The van der Waals surface area contributed by atoms with Crippen molar-refractivity contribution in [3.05, 3.63) is 82.6 Å². The molecule has 0 unspecified atom stereocenters. The van der Waals surface area contributed by atoms with Crippen molar-refractivity contribution < 1.29 is 4.39 Å². The van der Waals surface area contributed by atoms with Crippen LogP contribution in [0.5, 0.6) is 0 Å². The molecule has 0 atom stereocenters. The van der Waals surface area contributed by atoms with Crippen LogP contribution in [0.15, 0.2) is 60.7 Å². The maximum atomic E-state index is 14.4. The van der Waals surface area contributed by atoms with Crippen LogP contribution in [-0.4, -0.2) is 0 Å². The highest BCUT2D eigenvalue weighted by Gasteiger charge is 2.12. The van der Waals surface area contributed by atoms with E-state index in [0.717, 1.165) is 29.5 Å². The molecule has 128 valence electrons. The summed E-state index contributed by atoms with van der Waals surface area (Å²) in [4.78, 5) is 0. The summed E-state index contributed by atoms with van der Waals surface area (Å²) in [6.45, 7) is 4.19. The Morgan fingerprint density at radius 2 is 1.32 bits per heavy atom. The first kappa shape index (κ1) is 17.7. The van der Waals surface area contributed by atoms with Gasteiger partial charge in [-0.05, 0) is 40.7 Å². The van der Waals surface area contributed by atoms with Crippen LogP contribution in [0.2, 0.25) is 5.02 Å². The summed E-state index contributed by atoms with van der Waals surface area (Å²) in [5.74, 6) is -0.291. The minimum atomic E-state index is -0.291. The lowest BCUT2D eigenvalue weighted by Gasteiger charge is -2.10. The minimum Gasteiger partial charge on any atom is -0.205 e. The number of hydrogen-bond donors (Lipinski definition) is 0. The zero-order valence-electron chi connectivity index (χ0n) is 14.7. The fourth-order valence-corrected chi connectivity index (χ4v) is 3.34. The van der Waals surface area contributed by atoms with Gasteiger partial charge in [-0.2, -0.15) is 0 Å². The van der Waals surface area contributed by atoms with E-state index in [9.17, 15) is 4.39 Å². The molecule has 2 heteroatoms. The molecule has 0 saturated heterocycles. The summed E-state index contributed by atoms with van der Waals surface area (Å²) in [6.07, 6.45) is 2.65. The topological polar surface area (TPSA) is 0 Å². The van der Waals surface area contributed by atoms with Gasteiger partial charge in [-0.1, -0.05) is 92.5 Å². The maximum absolute atomic E-state index is 14.4. The van der Waals surface area contributed by atoms with Gasteiger partial charge in [-0.15, -0.1) is 0 Å². The van der Waals surface area contributed by atoms with E-state index in [-0.39, 0.29) is 10.8 Å². The summed E-state index contributed by atoms with van der Waals surface area (Å²) >= 11 is 6.28. The monoisotopic (exact) mass is 352 g/mol. The summed E-state index contributed by atoms with van der Waals surface area (Å²) < 4.78 is 14.4. The standard InChI is InChI=1S/C23H22ClF/c1-3-5-20-14-15-21(22(24)23(20)25)19-12-10-18(11-13-19)17-8-6-16(4-2)7-9-17/h6-15H,3-5H2,1-2H3. The lowest BCUT2D eigenvalue weighted by atomic mass is 9.98. The quantitative estimate of drug-likeness (QED) is 0.451. The van der Waals surface area contributed by atoms with Crippen LogP contribution in [0.4, 0.5) is 4.39 Å². The molecule has 0 radical (unpaired) electrons. The first-order valence-electron chi connectivity index (χ1n) is 8.80. The molecule has 0 fully saturated rings. The second-order valence-corrected chi connectivity index (χ2v) is 6.66. The molecular weight excluding hydrogens is 331 g/mol. The average molecular weight is 353 g/mol.